The lowest BCUT2D eigenvalue weighted by atomic mass is 10.1. The van der Waals surface area contributed by atoms with Crippen LogP contribution >= 0.6 is 11.6 Å². The molecule has 0 saturated carbocycles. The first-order valence-electron chi connectivity index (χ1n) is 9.15. The normalized spacial score (nSPS) is 18.6. The molecule has 1 N–H and O–H groups in total. The van der Waals surface area contributed by atoms with Gasteiger partial charge in [-0.3, -0.25) is 14.9 Å². The predicted octanol–water partition coefficient (Wildman–Crippen LogP) is 3.75. The molecule has 2 aromatic carbocycles. The molecule has 6 nitrogen and oxygen atoms in total. The zero-order valence-electron chi connectivity index (χ0n) is 15.3. The molecule has 0 aliphatic carbocycles. The van der Waals surface area contributed by atoms with E-state index in [2.05, 4.69) is 5.32 Å². The Bertz CT molecular complexity index is 1050. The van der Waals surface area contributed by atoms with Crippen molar-refractivity contribution >= 4 is 46.9 Å². The van der Waals surface area contributed by atoms with E-state index in [1.54, 1.807) is 24.3 Å². The molecule has 29 heavy (non-hydrogen) atoms. The van der Waals surface area contributed by atoms with E-state index in [0.717, 1.165) is 30.8 Å². The minimum atomic E-state index is -0.866. The van der Waals surface area contributed by atoms with E-state index in [0.29, 0.717) is 16.3 Å². The van der Waals surface area contributed by atoms with Crippen molar-refractivity contribution in [3.63, 3.8) is 0 Å². The molecular weight excluding hydrogens is 397 g/mol. The van der Waals surface area contributed by atoms with Crippen LogP contribution in [0.1, 0.15) is 18.4 Å². The molecular formula is C21H17ClFN3O3. The van der Waals surface area contributed by atoms with Crippen molar-refractivity contribution in [2.45, 2.75) is 12.8 Å². The quantitative estimate of drug-likeness (QED) is 0.614. The monoisotopic (exact) mass is 413 g/mol. The summed E-state index contributed by atoms with van der Waals surface area (Å²) in [6.45, 7) is 1.60. The lowest BCUT2D eigenvalue weighted by Gasteiger charge is -2.26. The van der Waals surface area contributed by atoms with Crippen LogP contribution in [0.15, 0.2) is 48.0 Å². The third kappa shape index (κ3) is 3.73. The average molecular weight is 414 g/mol. The zero-order chi connectivity index (χ0) is 20.5. The standard InChI is InChI=1S/C21H17ClFN3O3/c22-14-4-3-5-15(12-14)26-20(28)16(19(27)24-21(26)29)10-13-6-7-18(17(23)11-13)25-8-1-2-9-25/h3-7,10-12H,1-2,8-9H2,(H,24,27,29)/b16-10+. The second kappa shape index (κ2) is 7.67. The Kier molecular flexibility index (Phi) is 5.07. The molecule has 2 aliphatic heterocycles. The second-order valence-electron chi connectivity index (χ2n) is 6.84. The number of hydrogen-bond donors (Lipinski definition) is 1. The fraction of sp³-hybridized carbons (Fsp3) is 0.190. The van der Waals surface area contributed by atoms with Crippen LogP contribution in [0, 0.1) is 5.82 Å². The summed E-state index contributed by atoms with van der Waals surface area (Å²) in [6, 6.07) is 9.85. The van der Waals surface area contributed by atoms with Crippen molar-refractivity contribution in [2.24, 2.45) is 0 Å². The maximum absolute atomic E-state index is 14.6. The Morgan fingerprint density at radius 3 is 2.48 bits per heavy atom. The van der Waals surface area contributed by atoms with E-state index in [4.69, 9.17) is 11.6 Å². The van der Waals surface area contributed by atoms with Crippen LogP contribution in [-0.4, -0.2) is 30.9 Å². The molecule has 0 bridgehead atoms. The molecule has 4 amide bonds. The number of anilines is 2. The maximum atomic E-state index is 14.6. The van der Waals surface area contributed by atoms with Gasteiger partial charge in [-0.15, -0.1) is 0 Å². The number of imide groups is 2. The predicted molar refractivity (Wildman–Crippen MR) is 108 cm³/mol. The van der Waals surface area contributed by atoms with E-state index in [-0.39, 0.29) is 11.3 Å². The highest BCUT2D eigenvalue weighted by atomic mass is 35.5. The Balaban J connectivity index is 1.67. The summed E-state index contributed by atoms with van der Waals surface area (Å²) >= 11 is 5.94. The molecule has 0 spiro atoms. The number of benzene rings is 2. The van der Waals surface area contributed by atoms with Crippen LogP contribution in [0.4, 0.5) is 20.6 Å². The summed E-state index contributed by atoms with van der Waals surface area (Å²) in [4.78, 5) is 40.1. The summed E-state index contributed by atoms with van der Waals surface area (Å²) in [5.41, 5.74) is 0.816. The molecule has 8 heteroatoms. The van der Waals surface area contributed by atoms with Crippen LogP contribution in [0.2, 0.25) is 5.02 Å². The van der Waals surface area contributed by atoms with Crippen LogP contribution in [0.25, 0.3) is 6.08 Å². The molecule has 0 atom stereocenters. The molecule has 2 aromatic rings. The van der Waals surface area contributed by atoms with E-state index in [9.17, 15) is 18.8 Å². The van der Waals surface area contributed by atoms with Gasteiger partial charge in [0.15, 0.2) is 0 Å². The van der Waals surface area contributed by atoms with Crippen molar-refractivity contribution in [3.05, 3.63) is 64.4 Å². The van der Waals surface area contributed by atoms with Gasteiger partial charge in [0.05, 0.1) is 11.4 Å². The topological polar surface area (TPSA) is 69.7 Å². The van der Waals surface area contributed by atoms with Gasteiger partial charge in [-0.1, -0.05) is 23.7 Å². The number of hydrogen-bond acceptors (Lipinski definition) is 4. The van der Waals surface area contributed by atoms with Gasteiger partial charge < -0.3 is 4.90 Å². The summed E-state index contributed by atoms with van der Waals surface area (Å²) in [5.74, 6) is -2.06. The minimum Gasteiger partial charge on any atom is -0.369 e. The number of halogens is 2. The molecule has 2 heterocycles. The van der Waals surface area contributed by atoms with Gasteiger partial charge >= 0.3 is 6.03 Å². The van der Waals surface area contributed by atoms with Crippen LogP contribution < -0.4 is 15.1 Å². The molecule has 2 aliphatic rings. The smallest absolute Gasteiger partial charge is 0.335 e. The van der Waals surface area contributed by atoms with Gasteiger partial charge in [0, 0.05) is 18.1 Å². The van der Waals surface area contributed by atoms with Crippen LogP contribution in [0.5, 0.6) is 0 Å². The first kappa shape index (κ1) is 19.1. The largest absolute Gasteiger partial charge is 0.369 e. The van der Waals surface area contributed by atoms with Gasteiger partial charge in [0.2, 0.25) is 0 Å². The maximum Gasteiger partial charge on any atom is 0.335 e. The highest BCUT2D eigenvalue weighted by Crippen LogP contribution is 2.27. The highest BCUT2D eigenvalue weighted by Gasteiger charge is 2.36. The molecule has 0 aromatic heterocycles. The van der Waals surface area contributed by atoms with Crippen molar-refractivity contribution in [2.75, 3.05) is 22.9 Å². The van der Waals surface area contributed by atoms with Crippen LogP contribution in [-0.2, 0) is 9.59 Å². The number of amides is 4. The molecule has 148 valence electrons. The van der Waals surface area contributed by atoms with E-state index in [1.807, 2.05) is 4.90 Å². The third-order valence-electron chi connectivity index (χ3n) is 4.90. The Morgan fingerprint density at radius 2 is 1.79 bits per heavy atom. The van der Waals surface area contributed by atoms with Crippen molar-refractivity contribution < 1.29 is 18.8 Å². The number of urea groups is 1. The van der Waals surface area contributed by atoms with Gasteiger partial charge in [-0.05, 0) is 54.8 Å². The molecule has 0 radical (unpaired) electrons. The van der Waals surface area contributed by atoms with Crippen molar-refractivity contribution in [3.8, 4) is 0 Å². The summed E-state index contributed by atoms with van der Waals surface area (Å²) in [6.07, 6.45) is 3.32. The molecule has 0 unspecified atom stereocenters. The number of carbonyl (C=O) groups excluding carboxylic acids is 3. The second-order valence-corrected chi connectivity index (χ2v) is 7.28. The number of rotatable bonds is 3. The lowest BCUT2D eigenvalue weighted by Crippen LogP contribution is -2.54. The Morgan fingerprint density at radius 1 is 1.03 bits per heavy atom. The van der Waals surface area contributed by atoms with Gasteiger partial charge in [-0.25, -0.2) is 14.1 Å². The van der Waals surface area contributed by atoms with E-state index < -0.39 is 23.7 Å². The van der Waals surface area contributed by atoms with E-state index in [1.165, 1.54) is 24.3 Å². The summed E-state index contributed by atoms with van der Waals surface area (Å²) in [5, 5.41) is 2.47. The number of barbiturate groups is 1. The Hall–Kier alpha value is -3.19. The average Bonchev–Trinajstić information content (AvgIpc) is 3.19. The molecule has 4 rings (SSSR count). The highest BCUT2D eigenvalue weighted by molar-refractivity contribution is 6.39. The fourth-order valence-corrected chi connectivity index (χ4v) is 3.69. The summed E-state index contributed by atoms with van der Waals surface area (Å²) in [7, 11) is 0. The van der Waals surface area contributed by atoms with Crippen LogP contribution in [0.3, 0.4) is 0 Å². The first-order chi connectivity index (χ1) is 13.9. The zero-order valence-corrected chi connectivity index (χ0v) is 16.1. The van der Waals surface area contributed by atoms with Gasteiger partial charge in [0.1, 0.15) is 11.4 Å². The molecule has 2 saturated heterocycles. The lowest BCUT2D eigenvalue weighted by molar-refractivity contribution is -0.122. The van der Waals surface area contributed by atoms with Gasteiger partial charge in [-0.2, -0.15) is 0 Å². The van der Waals surface area contributed by atoms with Crippen molar-refractivity contribution in [1.29, 1.82) is 0 Å². The minimum absolute atomic E-state index is 0.231. The van der Waals surface area contributed by atoms with Crippen molar-refractivity contribution in [1.82, 2.24) is 5.32 Å². The molecule has 2 fully saturated rings. The number of carbonyl (C=O) groups is 3. The first-order valence-corrected chi connectivity index (χ1v) is 9.53. The summed E-state index contributed by atoms with van der Waals surface area (Å²) < 4.78 is 14.6. The number of nitrogens with zero attached hydrogens (tertiary/aromatic N) is 2. The van der Waals surface area contributed by atoms with Gasteiger partial charge in [0.25, 0.3) is 11.8 Å². The fourth-order valence-electron chi connectivity index (χ4n) is 3.50. The Labute approximate surface area is 171 Å². The van der Waals surface area contributed by atoms with E-state index >= 15 is 0 Å². The SMILES string of the molecule is O=C1NC(=O)N(c2cccc(Cl)c2)C(=O)/C1=C/c1ccc(N2CCCC2)c(F)c1. The third-order valence-corrected chi connectivity index (χ3v) is 5.13. The number of nitrogens with one attached hydrogen (secondary N) is 1.